The van der Waals surface area contributed by atoms with Crippen LogP contribution in [0, 0.1) is 0 Å². The third-order valence-electron chi connectivity index (χ3n) is 2.79. The van der Waals surface area contributed by atoms with Crippen molar-refractivity contribution in [2.45, 2.75) is 25.9 Å². The molecule has 0 heterocycles. The Labute approximate surface area is 101 Å². The summed E-state index contributed by atoms with van der Waals surface area (Å²) >= 11 is 0. The Morgan fingerprint density at radius 2 is 1.88 bits per heavy atom. The van der Waals surface area contributed by atoms with Crippen LogP contribution in [0.3, 0.4) is 0 Å². The summed E-state index contributed by atoms with van der Waals surface area (Å²) in [6.07, 6.45) is -1.08. The maximum atomic E-state index is 13.4. The number of hydrogen-bond acceptors (Lipinski definition) is 3. The van der Waals surface area contributed by atoms with Crippen LogP contribution in [0.15, 0.2) is 12.1 Å². The van der Waals surface area contributed by atoms with Gasteiger partial charge in [-0.3, -0.25) is 0 Å². The summed E-state index contributed by atoms with van der Waals surface area (Å²) in [4.78, 5) is 0. The van der Waals surface area contributed by atoms with Crippen LogP contribution in [0.4, 0.5) is 4.39 Å². The van der Waals surface area contributed by atoms with Crippen molar-refractivity contribution in [3.63, 3.8) is 0 Å². The van der Waals surface area contributed by atoms with Gasteiger partial charge in [0.25, 0.3) is 0 Å². The van der Waals surface area contributed by atoms with E-state index in [-0.39, 0.29) is 12.5 Å². The summed E-state index contributed by atoms with van der Waals surface area (Å²) in [7, 11) is 3.04. The second-order valence-electron chi connectivity index (χ2n) is 4.05. The van der Waals surface area contributed by atoms with Crippen molar-refractivity contribution in [1.29, 1.82) is 0 Å². The third-order valence-corrected chi connectivity index (χ3v) is 2.79. The Bertz CT molecular complexity index is 377. The van der Waals surface area contributed by atoms with E-state index in [1.165, 1.54) is 21.1 Å². The van der Waals surface area contributed by atoms with E-state index in [0.29, 0.717) is 17.1 Å². The Balaban J connectivity index is 3.37. The molecule has 1 aromatic carbocycles. The Morgan fingerprint density at radius 1 is 1.24 bits per heavy atom. The summed E-state index contributed by atoms with van der Waals surface area (Å²) in [5.74, 6) is 0.917. The fourth-order valence-electron chi connectivity index (χ4n) is 1.71. The van der Waals surface area contributed by atoms with Gasteiger partial charge in [-0.1, -0.05) is 6.92 Å². The van der Waals surface area contributed by atoms with Crippen molar-refractivity contribution >= 4 is 0 Å². The van der Waals surface area contributed by atoms with E-state index in [9.17, 15) is 9.50 Å². The van der Waals surface area contributed by atoms with Crippen LogP contribution in [0.2, 0.25) is 0 Å². The molecule has 0 saturated heterocycles. The molecule has 1 N–H and O–H groups in total. The predicted octanol–water partition coefficient (Wildman–Crippen LogP) is 2.83. The zero-order valence-corrected chi connectivity index (χ0v) is 10.7. The van der Waals surface area contributed by atoms with Gasteiger partial charge in [-0.15, -0.1) is 0 Å². The van der Waals surface area contributed by atoms with Gasteiger partial charge in [0.15, 0.2) is 11.5 Å². The van der Waals surface area contributed by atoms with Gasteiger partial charge in [-0.2, -0.15) is 0 Å². The quantitative estimate of drug-likeness (QED) is 0.862. The summed E-state index contributed by atoms with van der Waals surface area (Å²) in [6, 6.07) is 3.34. The van der Waals surface area contributed by atoms with Crippen molar-refractivity contribution < 1.29 is 19.0 Å². The van der Waals surface area contributed by atoms with Gasteiger partial charge >= 0.3 is 0 Å². The standard InChI is InChI=1S/C13H19FO3/c1-8(7-15)11-5-10(9(2)14)6-12(16-3)13(11)17-4/h5-6,8-9,15H,7H2,1-4H3. The molecule has 0 radical (unpaired) electrons. The van der Waals surface area contributed by atoms with E-state index in [1.807, 2.05) is 6.92 Å². The normalized spacial score (nSPS) is 14.2. The number of methoxy groups -OCH3 is 2. The smallest absolute Gasteiger partial charge is 0.164 e. The van der Waals surface area contributed by atoms with Gasteiger partial charge in [-0.05, 0) is 24.6 Å². The lowest BCUT2D eigenvalue weighted by molar-refractivity contribution is 0.267. The van der Waals surface area contributed by atoms with Crippen LogP contribution in [-0.4, -0.2) is 25.9 Å². The zero-order chi connectivity index (χ0) is 13.0. The zero-order valence-electron chi connectivity index (χ0n) is 10.7. The van der Waals surface area contributed by atoms with Crippen LogP contribution in [0.1, 0.15) is 37.1 Å². The summed E-state index contributed by atoms with van der Waals surface area (Å²) in [5.41, 5.74) is 1.28. The van der Waals surface area contributed by atoms with E-state index in [4.69, 9.17) is 9.47 Å². The molecule has 1 rings (SSSR count). The molecule has 0 fully saturated rings. The van der Waals surface area contributed by atoms with Crippen LogP contribution < -0.4 is 9.47 Å². The molecular weight excluding hydrogens is 223 g/mol. The highest BCUT2D eigenvalue weighted by molar-refractivity contribution is 5.51. The van der Waals surface area contributed by atoms with Crippen LogP contribution in [0.25, 0.3) is 0 Å². The highest BCUT2D eigenvalue weighted by Gasteiger charge is 2.18. The maximum Gasteiger partial charge on any atom is 0.164 e. The molecule has 2 atom stereocenters. The molecule has 1 aromatic rings. The number of aliphatic hydroxyl groups is 1. The summed E-state index contributed by atoms with van der Waals surface area (Å²) in [6.45, 7) is 3.29. The topological polar surface area (TPSA) is 38.7 Å². The number of ether oxygens (including phenoxy) is 2. The lowest BCUT2D eigenvalue weighted by atomic mass is 9.96. The van der Waals surface area contributed by atoms with Gasteiger partial charge in [0.1, 0.15) is 6.17 Å². The minimum absolute atomic E-state index is 0.0242. The summed E-state index contributed by atoms with van der Waals surface area (Å²) < 4.78 is 23.8. The van der Waals surface area contributed by atoms with Crippen molar-refractivity contribution in [3.8, 4) is 11.5 Å². The first-order valence-electron chi connectivity index (χ1n) is 5.55. The van der Waals surface area contributed by atoms with Crippen molar-refractivity contribution in [2.24, 2.45) is 0 Å². The first kappa shape index (κ1) is 13.8. The van der Waals surface area contributed by atoms with Crippen molar-refractivity contribution in [3.05, 3.63) is 23.3 Å². The molecule has 96 valence electrons. The monoisotopic (exact) mass is 242 g/mol. The van der Waals surface area contributed by atoms with E-state index in [0.717, 1.165) is 5.56 Å². The lowest BCUT2D eigenvalue weighted by Crippen LogP contribution is -2.05. The fourth-order valence-corrected chi connectivity index (χ4v) is 1.71. The van der Waals surface area contributed by atoms with E-state index in [1.54, 1.807) is 12.1 Å². The average molecular weight is 242 g/mol. The lowest BCUT2D eigenvalue weighted by Gasteiger charge is -2.18. The van der Waals surface area contributed by atoms with Crippen molar-refractivity contribution in [1.82, 2.24) is 0 Å². The number of halogens is 1. The molecule has 0 saturated carbocycles. The van der Waals surface area contributed by atoms with Crippen molar-refractivity contribution in [2.75, 3.05) is 20.8 Å². The minimum Gasteiger partial charge on any atom is -0.493 e. The molecule has 2 unspecified atom stereocenters. The minimum atomic E-state index is -1.08. The first-order valence-corrected chi connectivity index (χ1v) is 5.55. The molecule has 17 heavy (non-hydrogen) atoms. The molecule has 4 heteroatoms. The predicted molar refractivity (Wildman–Crippen MR) is 64.6 cm³/mol. The second-order valence-corrected chi connectivity index (χ2v) is 4.05. The van der Waals surface area contributed by atoms with Gasteiger partial charge in [0.05, 0.1) is 14.2 Å². The highest BCUT2D eigenvalue weighted by atomic mass is 19.1. The molecule has 0 aliphatic heterocycles. The number of aliphatic hydroxyl groups excluding tert-OH is 1. The molecule has 0 spiro atoms. The summed E-state index contributed by atoms with van der Waals surface area (Å²) in [5, 5.41) is 9.21. The molecule has 0 bridgehead atoms. The Kier molecular flexibility index (Phi) is 4.75. The Morgan fingerprint density at radius 3 is 2.29 bits per heavy atom. The molecule has 0 aliphatic rings. The molecule has 0 aliphatic carbocycles. The maximum absolute atomic E-state index is 13.4. The SMILES string of the molecule is COc1cc(C(C)F)cc(C(C)CO)c1OC. The number of benzene rings is 1. The molecule has 3 nitrogen and oxygen atoms in total. The van der Waals surface area contributed by atoms with E-state index >= 15 is 0 Å². The van der Waals surface area contributed by atoms with Gasteiger partial charge < -0.3 is 14.6 Å². The average Bonchev–Trinajstić information content (AvgIpc) is 2.35. The van der Waals surface area contributed by atoms with E-state index < -0.39 is 6.17 Å². The molecule has 0 aromatic heterocycles. The Hall–Kier alpha value is -1.29. The number of alkyl halides is 1. The highest BCUT2D eigenvalue weighted by Crippen LogP contribution is 2.38. The second kappa shape index (κ2) is 5.87. The number of rotatable bonds is 5. The first-order chi connectivity index (χ1) is 8.04. The van der Waals surface area contributed by atoms with Crippen LogP contribution in [-0.2, 0) is 0 Å². The number of hydrogen-bond donors (Lipinski definition) is 1. The van der Waals surface area contributed by atoms with Crippen LogP contribution >= 0.6 is 0 Å². The molecular formula is C13H19FO3. The fraction of sp³-hybridized carbons (Fsp3) is 0.538. The van der Waals surface area contributed by atoms with Gasteiger partial charge in [0, 0.05) is 18.1 Å². The van der Waals surface area contributed by atoms with E-state index in [2.05, 4.69) is 0 Å². The van der Waals surface area contributed by atoms with Gasteiger partial charge in [-0.25, -0.2) is 4.39 Å². The largest absolute Gasteiger partial charge is 0.493 e. The molecule has 0 amide bonds. The van der Waals surface area contributed by atoms with Gasteiger partial charge in [0.2, 0.25) is 0 Å². The van der Waals surface area contributed by atoms with Crippen LogP contribution in [0.5, 0.6) is 11.5 Å². The third kappa shape index (κ3) is 2.88.